The fraction of sp³-hybridized carbons (Fsp3) is 0.417. The zero-order valence-electron chi connectivity index (χ0n) is 35.3. The average molecular weight is 875 g/mol. The standard InChI is InChI=1S/C48H46N2O14/c1-43-15-23-21(11-13-25(51)29(23)35(55)33(43)39(59)47(63)37(57)31(41(49)61)27(53)17-45(47,3)19-43)9-7-5-6-8-10-22-12-14-26(52)30-24(22)16-44(2)20-46(4)18-28(54)32(42(50)62)38(58)48(46,64)40(60)34(44)36(30)56/h11-14,27,31,51-53,55-56,58,63-64H,5-6,15-20H2,1-4H3,(H2,49,61)(H2,50,62)/t27?,31?,43-,44-,45+,46+,47+,48+/m0/s1. The van der Waals surface area contributed by atoms with Crippen LogP contribution in [0.4, 0.5) is 0 Å². The van der Waals surface area contributed by atoms with E-state index < -0.39 is 109 Å². The second-order valence-electron chi connectivity index (χ2n) is 19.3. The smallest absolute Gasteiger partial charge is 0.255 e. The number of ketones is 4. The van der Waals surface area contributed by atoms with Crippen LogP contribution in [0, 0.1) is 51.3 Å². The van der Waals surface area contributed by atoms with E-state index in [-0.39, 0.29) is 78.7 Å². The Hall–Kier alpha value is -6.72. The zero-order valence-corrected chi connectivity index (χ0v) is 35.3. The van der Waals surface area contributed by atoms with E-state index in [1.54, 1.807) is 26.0 Å². The highest BCUT2D eigenvalue weighted by atomic mass is 16.4. The molecule has 2 aromatic carbocycles. The summed E-state index contributed by atoms with van der Waals surface area (Å²) in [6.45, 7) is 6.23. The lowest BCUT2D eigenvalue weighted by Crippen LogP contribution is -2.72. The van der Waals surface area contributed by atoms with Crippen LogP contribution in [0.3, 0.4) is 0 Å². The van der Waals surface area contributed by atoms with E-state index in [1.165, 1.54) is 26.0 Å². The van der Waals surface area contributed by atoms with Crippen LogP contribution in [0.2, 0.25) is 0 Å². The first-order valence-corrected chi connectivity index (χ1v) is 20.6. The predicted octanol–water partition coefficient (Wildman–Crippen LogP) is 2.07. The van der Waals surface area contributed by atoms with Crippen molar-refractivity contribution >= 4 is 46.5 Å². The number of Topliss-reactive ketones (excluding diaryl/α,β-unsaturated/α-hetero) is 4. The topological polar surface area (TPSA) is 316 Å². The maximum absolute atomic E-state index is 14.2. The third-order valence-electron chi connectivity index (χ3n) is 14.8. The summed E-state index contributed by atoms with van der Waals surface area (Å²) in [6.07, 6.45) is -2.02. The molecule has 0 heterocycles. The van der Waals surface area contributed by atoms with Gasteiger partial charge >= 0.3 is 0 Å². The number of nitrogens with two attached hydrogens (primary N) is 2. The van der Waals surface area contributed by atoms with Gasteiger partial charge in [-0.2, -0.15) is 0 Å². The predicted molar refractivity (Wildman–Crippen MR) is 224 cm³/mol. The minimum Gasteiger partial charge on any atom is -0.508 e. The highest BCUT2D eigenvalue weighted by molar-refractivity contribution is 6.26. The molecule has 0 aliphatic heterocycles. The van der Waals surface area contributed by atoms with Gasteiger partial charge in [0.05, 0.1) is 17.2 Å². The molecular formula is C48H46N2O14. The number of carbonyl (C=O) groups is 6. The summed E-state index contributed by atoms with van der Waals surface area (Å²) in [5, 5.41) is 90.7. The van der Waals surface area contributed by atoms with Gasteiger partial charge in [-0.15, -0.1) is 0 Å². The molecule has 2 unspecified atom stereocenters. The summed E-state index contributed by atoms with van der Waals surface area (Å²) in [6, 6.07) is 5.67. The highest BCUT2D eigenvalue weighted by Gasteiger charge is 2.72. The van der Waals surface area contributed by atoms with Crippen molar-refractivity contribution < 1.29 is 69.6 Å². The lowest BCUT2D eigenvalue weighted by atomic mass is 9.45. The minimum atomic E-state index is -2.78. The van der Waals surface area contributed by atoms with Crippen molar-refractivity contribution in [3.05, 3.63) is 80.1 Å². The molecular weight excluding hydrogens is 829 g/mol. The van der Waals surface area contributed by atoms with E-state index in [2.05, 4.69) is 23.7 Å². The molecule has 0 saturated heterocycles. The lowest BCUT2D eigenvalue weighted by Gasteiger charge is -2.58. The molecule has 0 radical (unpaired) electrons. The van der Waals surface area contributed by atoms with Crippen LogP contribution >= 0.6 is 0 Å². The van der Waals surface area contributed by atoms with Gasteiger partial charge in [-0.3, -0.25) is 28.8 Å². The number of primary amides is 2. The van der Waals surface area contributed by atoms with E-state index in [1.807, 2.05) is 0 Å². The number of aromatic hydroxyl groups is 2. The number of unbranched alkanes of at least 4 members (excludes halogenated alkanes) is 1. The Kier molecular flexibility index (Phi) is 9.53. The van der Waals surface area contributed by atoms with Crippen LogP contribution in [0.1, 0.15) is 99.6 Å². The van der Waals surface area contributed by atoms with E-state index >= 15 is 0 Å². The molecule has 6 aliphatic rings. The van der Waals surface area contributed by atoms with Gasteiger partial charge in [0.25, 0.3) is 5.91 Å². The Morgan fingerprint density at radius 1 is 0.688 bits per heavy atom. The van der Waals surface area contributed by atoms with Crippen LogP contribution < -0.4 is 11.5 Å². The summed E-state index contributed by atoms with van der Waals surface area (Å²) >= 11 is 0. The van der Waals surface area contributed by atoms with Crippen LogP contribution in [0.25, 0.3) is 11.5 Å². The van der Waals surface area contributed by atoms with Gasteiger partial charge in [0.2, 0.25) is 17.5 Å². The number of aliphatic hydroxyl groups is 6. The number of carbonyl (C=O) groups excluding carboxylic acids is 6. The van der Waals surface area contributed by atoms with Crippen molar-refractivity contribution in [1.29, 1.82) is 0 Å². The second-order valence-corrected chi connectivity index (χ2v) is 19.3. The largest absolute Gasteiger partial charge is 0.508 e. The summed E-state index contributed by atoms with van der Waals surface area (Å²) in [5.74, 6) is 0.253. The first-order chi connectivity index (χ1) is 29.7. The number of benzene rings is 2. The van der Waals surface area contributed by atoms with Gasteiger partial charge in [-0.05, 0) is 67.5 Å². The maximum atomic E-state index is 14.2. The molecule has 2 amide bonds. The van der Waals surface area contributed by atoms with Crippen molar-refractivity contribution in [2.75, 3.05) is 0 Å². The second kappa shape index (κ2) is 13.9. The van der Waals surface area contributed by atoms with Gasteiger partial charge in [0.1, 0.15) is 40.3 Å². The molecule has 16 nitrogen and oxygen atoms in total. The number of aliphatic hydroxyl groups excluding tert-OH is 4. The Morgan fingerprint density at radius 3 is 1.59 bits per heavy atom. The fourth-order valence-electron chi connectivity index (χ4n) is 12.1. The normalized spacial score (nSPS) is 33.9. The van der Waals surface area contributed by atoms with Crippen molar-refractivity contribution in [2.24, 2.45) is 39.0 Å². The van der Waals surface area contributed by atoms with Crippen LogP contribution in [-0.4, -0.2) is 93.1 Å². The fourth-order valence-corrected chi connectivity index (χ4v) is 12.1. The van der Waals surface area contributed by atoms with Gasteiger partial charge in [0, 0.05) is 63.2 Å². The third-order valence-corrected chi connectivity index (χ3v) is 14.8. The molecule has 12 N–H and O–H groups in total. The molecule has 3 fully saturated rings. The minimum absolute atomic E-state index is 0.0292. The van der Waals surface area contributed by atoms with Crippen molar-refractivity contribution in [1.82, 2.24) is 0 Å². The van der Waals surface area contributed by atoms with E-state index in [0.717, 1.165) is 0 Å². The van der Waals surface area contributed by atoms with Crippen molar-refractivity contribution in [3.63, 3.8) is 0 Å². The zero-order chi connectivity index (χ0) is 47.0. The number of hydrogen-bond donors (Lipinski definition) is 10. The number of amides is 2. The Bertz CT molecular complexity index is 2870. The monoisotopic (exact) mass is 874 g/mol. The van der Waals surface area contributed by atoms with Gasteiger partial charge < -0.3 is 52.3 Å². The summed E-state index contributed by atoms with van der Waals surface area (Å²) < 4.78 is 0. The van der Waals surface area contributed by atoms with E-state index in [9.17, 15) is 69.6 Å². The SMILES string of the molecule is C[C@@]12Cc3c(C#CCCC#Cc4ccc(O)c5c4C[C@@]4(C)C[C@@]6(C)CC(=O)C(C(N)=O)=C(O)[C@@]6(O)C(=O)C4=C5O)ccc(O)c3C(O)=C1C(=O)[C@]1(O)C(=O)C(C(N)=O)C(O)C[C@]1(C)C2. The summed E-state index contributed by atoms with van der Waals surface area (Å²) in [4.78, 5) is 79.2. The van der Waals surface area contributed by atoms with Gasteiger partial charge in [0.15, 0.2) is 22.8 Å². The van der Waals surface area contributed by atoms with Crippen LogP contribution in [-0.2, 0) is 41.6 Å². The molecule has 0 aromatic heterocycles. The molecule has 0 bridgehead atoms. The Labute approximate surface area is 366 Å². The Balaban J connectivity index is 1.08. The molecule has 6 aliphatic carbocycles. The van der Waals surface area contributed by atoms with Crippen molar-refractivity contribution in [2.45, 2.75) is 96.4 Å². The lowest BCUT2D eigenvalue weighted by molar-refractivity contribution is -0.192. The van der Waals surface area contributed by atoms with E-state index in [4.69, 9.17) is 11.5 Å². The number of phenols is 2. The van der Waals surface area contributed by atoms with Gasteiger partial charge in [-0.1, -0.05) is 51.4 Å². The number of fused-ring (bicyclic) bond motifs is 6. The quantitative estimate of drug-likeness (QED) is 0.0914. The van der Waals surface area contributed by atoms with Crippen molar-refractivity contribution in [3.8, 4) is 35.2 Å². The average Bonchev–Trinajstić information content (AvgIpc) is 3.16. The first-order valence-electron chi connectivity index (χ1n) is 20.6. The molecule has 16 heteroatoms. The number of rotatable bonds is 3. The maximum Gasteiger partial charge on any atom is 0.255 e. The molecule has 2 aromatic rings. The molecule has 8 atom stereocenters. The Morgan fingerprint density at radius 2 is 1.14 bits per heavy atom. The summed E-state index contributed by atoms with van der Waals surface area (Å²) in [5.41, 5.74) is -0.496. The molecule has 332 valence electrons. The summed E-state index contributed by atoms with van der Waals surface area (Å²) in [7, 11) is 0. The van der Waals surface area contributed by atoms with Gasteiger partial charge in [-0.25, -0.2) is 0 Å². The molecule has 8 rings (SSSR count). The first kappa shape index (κ1) is 43.9. The molecule has 0 spiro atoms. The molecule has 64 heavy (non-hydrogen) atoms. The number of hydrogen-bond acceptors (Lipinski definition) is 14. The van der Waals surface area contributed by atoms with Crippen LogP contribution in [0.15, 0.2) is 46.7 Å². The van der Waals surface area contributed by atoms with E-state index in [0.29, 0.717) is 22.3 Å². The van der Waals surface area contributed by atoms with Crippen LogP contribution in [0.5, 0.6) is 11.5 Å². The number of phenolic OH excluding ortho intramolecular Hbond substituents is 2. The highest BCUT2D eigenvalue weighted by Crippen LogP contribution is 2.64. The third kappa shape index (κ3) is 5.62. The molecule has 3 saturated carbocycles.